The van der Waals surface area contributed by atoms with Crippen molar-refractivity contribution >= 4 is 21.6 Å². The van der Waals surface area contributed by atoms with E-state index in [0.29, 0.717) is 0 Å². The number of nitrogens with two attached hydrogens (primary N) is 1. The second-order valence-corrected chi connectivity index (χ2v) is 6.41. The molecule has 1 aliphatic carbocycles. The Labute approximate surface area is 119 Å². The second kappa shape index (κ2) is 6.58. The van der Waals surface area contributed by atoms with E-state index >= 15 is 0 Å². The topological polar surface area (TPSA) is 29.3 Å². The van der Waals surface area contributed by atoms with Crippen molar-refractivity contribution in [1.82, 2.24) is 4.90 Å². The molecule has 1 saturated carbocycles. The summed E-state index contributed by atoms with van der Waals surface area (Å²) in [6, 6.07) is 6.09. The highest BCUT2D eigenvalue weighted by atomic mass is 79.9. The van der Waals surface area contributed by atoms with Crippen molar-refractivity contribution in [3.63, 3.8) is 0 Å². The first-order valence-corrected chi connectivity index (χ1v) is 7.67. The smallest absolute Gasteiger partial charge is 0.0325 e. The summed E-state index contributed by atoms with van der Waals surface area (Å²) < 4.78 is 1.12. The summed E-state index contributed by atoms with van der Waals surface area (Å²) in [5, 5.41) is 0. The third-order valence-corrected chi connectivity index (χ3v) is 4.55. The van der Waals surface area contributed by atoms with Gasteiger partial charge in [-0.05, 0) is 43.5 Å². The third kappa shape index (κ3) is 3.99. The van der Waals surface area contributed by atoms with E-state index in [1.54, 1.807) is 0 Å². The van der Waals surface area contributed by atoms with Crippen LogP contribution in [-0.4, -0.2) is 18.5 Å². The molecule has 0 saturated heterocycles. The van der Waals surface area contributed by atoms with Crippen LogP contribution in [0, 0.1) is 5.92 Å². The zero-order valence-electron chi connectivity index (χ0n) is 11.2. The zero-order valence-corrected chi connectivity index (χ0v) is 12.7. The van der Waals surface area contributed by atoms with Crippen molar-refractivity contribution in [3.8, 4) is 0 Å². The summed E-state index contributed by atoms with van der Waals surface area (Å²) in [6.45, 7) is 2.22. The maximum Gasteiger partial charge on any atom is 0.0325 e. The molecule has 0 radical (unpaired) electrons. The lowest BCUT2D eigenvalue weighted by atomic mass is 9.89. The van der Waals surface area contributed by atoms with E-state index in [0.717, 1.165) is 22.6 Å². The van der Waals surface area contributed by atoms with Gasteiger partial charge in [0, 0.05) is 23.2 Å². The molecule has 2 nitrogen and oxygen atoms in total. The SMILES string of the molecule is CN(Cc1ccc(N)cc1Br)CC1CCCCC1. The van der Waals surface area contributed by atoms with Crippen molar-refractivity contribution in [1.29, 1.82) is 0 Å². The minimum absolute atomic E-state index is 0.820. The van der Waals surface area contributed by atoms with Crippen LogP contribution in [0.25, 0.3) is 0 Å². The Morgan fingerprint density at radius 2 is 2.00 bits per heavy atom. The Hall–Kier alpha value is -0.540. The molecule has 2 rings (SSSR count). The molecule has 0 aliphatic heterocycles. The second-order valence-electron chi connectivity index (χ2n) is 5.55. The van der Waals surface area contributed by atoms with Gasteiger partial charge >= 0.3 is 0 Å². The maximum absolute atomic E-state index is 5.76. The van der Waals surface area contributed by atoms with Gasteiger partial charge in [-0.15, -0.1) is 0 Å². The van der Waals surface area contributed by atoms with Crippen LogP contribution >= 0.6 is 15.9 Å². The van der Waals surface area contributed by atoms with Gasteiger partial charge in [0.1, 0.15) is 0 Å². The average molecular weight is 311 g/mol. The van der Waals surface area contributed by atoms with Crippen molar-refractivity contribution in [2.24, 2.45) is 5.92 Å². The summed E-state index contributed by atoms with van der Waals surface area (Å²) in [5.41, 5.74) is 7.91. The number of nitrogen functional groups attached to an aromatic ring is 1. The lowest BCUT2D eigenvalue weighted by Gasteiger charge is -2.27. The molecule has 1 aromatic rings. The zero-order chi connectivity index (χ0) is 13.0. The number of rotatable bonds is 4. The standard InChI is InChI=1S/C15H23BrN2/c1-18(10-12-5-3-2-4-6-12)11-13-7-8-14(17)9-15(13)16/h7-9,12H,2-6,10-11,17H2,1H3. The van der Waals surface area contributed by atoms with Crippen LogP contribution in [0.5, 0.6) is 0 Å². The fourth-order valence-electron chi connectivity index (χ4n) is 2.86. The van der Waals surface area contributed by atoms with Crippen LogP contribution < -0.4 is 5.73 Å². The van der Waals surface area contributed by atoms with Gasteiger partial charge in [-0.2, -0.15) is 0 Å². The number of hydrogen-bond donors (Lipinski definition) is 1. The van der Waals surface area contributed by atoms with Gasteiger partial charge in [0.2, 0.25) is 0 Å². The average Bonchev–Trinajstić information content (AvgIpc) is 2.34. The molecular formula is C15H23BrN2. The summed E-state index contributed by atoms with van der Waals surface area (Å²) in [4.78, 5) is 2.44. The molecule has 0 aromatic heterocycles. The van der Waals surface area contributed by atoms with Crippen LogP contribution in [-0.2, 0) is 6.54 Å². The van der Waals surface area contributed by atoms with Crippen molar-refractivity contribution < 1.29 is 0 Å². The van der Waals surface area contributed by atoms with Crippen LogP contribution in [0.1, 0.15) is 37.7 Å². The van der Waals surface area contributed by atoms with Crippen molar-refractivity contribution in [3.05, 3.63) is 28.2 Å². The van der Waals surface area contributed by atoms with Gasteiger partial charge in [-0.3, -0.25) is 0 Å². The number of hydrogen-bond acceptors (Lipinski definition) is 2. The molecule has 0 spiro atoms. The number of halogens is 1. The maximum atomic E-state index is 5.76. The Morgan fingerprint density at radius 1 is 1.28 bits per heavy atom. The Balaban J connectivity index is 1.87. The summed E-state index contributed by atoms with van der Waals surface area (Å²) in [6.07, 6.45) is 7.10. The van der Waals surface area contributed by atoms with Crippen LogP contribution in [0.15, 0.2) is 22.7 Å². The minimum atomic E-state index is 0.820. The molecule has 18 heavy (non-hydrogen) atoms. The van der Waals surface area contributed by atoms with Gasteiger partial charge in [0.05, 0.1) is 0 Å². The summed E-state index contributed by atoms with van der Waals surface area (Å²) in [7, 11) is 2.22. The van der Waals surface area contributed by atoms with Crippen LogP contribution in [0.4, 0.5) is 5.69 Å². The van der Waals surface area contributed by atoms with Gasteiger partial charge in [0.15, 0.2) is 0 Å². The van der Waals surface area contributed by atoms with E-state index in [9.17, 15) is 0 Å². The highest BCUT2D eigenvalue weighted by Gasteiger charge is 2.15. The molecule has 3 heteroatoms. The lowest BCUT2D eigenvalue weighted by molar-refractivity contribution is 0.228. The lowest BCUT2D eigenvalue weighted by Crippen LogP contribution is -2.26. The number of anilines is 1. The van der Waals surface area contributed by atoms with Gasteiger partial charge in [-0.25, -0.2) is 0 Å². The molecule has 0 unspecified atom stereocenters. The molecule has 2 N–H and O–H groups in total. The molecule has 0 atom stereocenters. The third-order valence-electron chi connectivity index (χ3n) is 3.81. The number of nitrogens with zero attached hydrogens (tertiary/aromatic N) is 1. The fraction of sp³-hybridized carbons (Fsp3) is 0.600. The molecular weight excluding hydrogens is 288 g/mol. The van der Waals surface area contributed by atoms with E-state index in [1.807, 2.05) is 12.1 Å². The molecule has 0 heterocycles. The first-order chi connectivity index (χ1) is 8.65. The Morgan fingerprint density at radius 3 is 2.67 bits per heavy atom. The summed E-state index contributed by atoms with van der Waals surface area (Å²) >= 11 is 3.59. The number of benzene rings is 1. The summed E-state index contributed by atoms with van der Waals surface area (Å²) in [5.74, 6) is 0.899. The Kier molecular flexibility index (Phi) is 5.07. The van der Waals surface area contributed by atoms with E-state index in [4.69, 9.17) is 5.73 Å². The normalized spacial score (nSPS) is 17.3. The van der Waals surface area contributed by atoms with Crippen molar-refractivity contribution in [2.45, 2.75) is 38.6 Å². The highest BCUT2D eigenvalue weighted by molar-refractivity contribution is 9.10. The predicted molar refractivity (Wildman–Crippen MR) is 81.5 cm³/mol. The van der Waals surface area contributed by atoms with Crippen LogP contribution in [0.3, 0.4) is 0 Å². The largest absolute Gasteiger partial charge is 0.399 e. The minimum Gasteiger partial charge on any atom is -0.399 e. The predicted octanol–water partition coefficient (Wildman–Crippen LogP) is 4.04. The molecule has 1 aliphatic rings. The van der Waals surface area contributed by atoms with Crippen LogP contribution in [0.2, 0.25) is 0 Å². The van der Waals surface area contributed by atoms with E-state index in [1.165, 1.54) is 44.2 Å². The quantitative estimate of drug-likeness (QED) is 0.850. The van der Waals surface area contributed by atoms with Gasteiger partial charge in [-0.1, -0.05) is 41.3 Å². The molecule has 0 amide bonds. The highest BCUT2D eigenvalue weighted by Crippen LogP contribution is 2.26. The Bertz CT molecular complexity index is 386. The van der Waals surface area contributed by atoms with Gasteiger partial charge < -0.3 is 10.6 Å². The molecule has 0 bridgehead atoms. The van der Waals surface area contributed by atoms with E-state index < -0.39 is 0 Å². The van der Waals surface area contributed by atoms with E-state index in [2.05, 4.69) is 33.9 Å². The fourth-order valence-corrected chi connectivity index (χ4v) is 3.38. The monoisotopic (exact) mass is 310 g/mol. The molecule has 1 fully saturated rings. The first-order valence-electron chi connectivity index (χ1n) is 6.87. The first kappa shape index (κ1) is 13.9. The van der Waals surface area contributed by atoms with Crippen molar-refractivity contribution in [2.75, 3.05) is 19.3 Å². The van der Waals surface area contributed by atoms with E-state index in [-0.39, 0.29) is 0 Å². The molecule has 1 aromatic carbocycles. The van der Waals surface area contributed by atoms with Gasteiger partial charge in [0.25, 0.3) is 0 Å². The molecule has 100 valence electrons.